The van der Waals surface area contributed by atoms with Crippen LogP contribution in [0.1, 0.15) is 25.0 Å². The molecule has 0 aliphatic carbocycles. The van der Waals surface area contributed by atoms with E-state index in [0.717, 1.165) is 21.7 Å². The number of rotatable bonds is 11. The van der Waals surface area contributed by atoms with Gasteiger partial charge in [-0.05, 0) is 43.2 Å². The van der Waals surface area contributed by atoms with E-state index in [1.54, 1.807) is 24.3 Å². The maximum Gasteiger partial charge on any atom is 0.244 e. The average molecular weight is 587 g/mol. The SMILES string of the molecule is CC(C)NC(=O)[C@H](Cc1ccccc1)N(Cc1ccccc1)C(=O)CN(c1cccc(Br)c1)S(C)(=O)=O. The second-order valence-corrected chi connectivity index (χ2v) is 11.9. The van der Waals surface area contributed by atoms with E-state index in [0.29, 0.717) is 10.2 Å². The van der Waals surface area contributed by atoms with E-state index >= 15 is 0 Å². The Morgan fingerprint density at radius 1 is 0.892 bits per heavy atom. The first kappa shape index (κ1) is 28.4. The van der Waals surface area contributed by atoms with E-state index < -0.39 is 28.5 Å². The van der Waals surface area contributed by atoms with Gasteiger partial charge in [0.1, 0.15) is 12.6 Å². The van der Waals surface area contributed by atoms with Crippen LogP contribution in [0.2, 0.25) is 0 Å². The van der Waals surface area contributed by atoms with Crippen molar-refractivity contribution in [3.63, 3.8) is 0 Å². The highest BCUT2D eigenvalue weighted by Gasteiger charge is 2.33. The van der Waals surface area contributed by atoms with Gasteiger partial charge in [-0.25, -0.2) is 8.42 Å². The van der Waals surface area contributed by atoms with Gasteiger partial charge in [0, 0.05) is 23.5 Å². The Hall–Kier alpha value is -3.17. The topological polar surface area (TPSA) is 86.8 Å². The van der Waals surface area contributed by atoms with Crippen LogP contribution in [0.25, 0.3) is 0 Å². The highest BCUT2D eigenvalue weighted by atomic mass is 79.9. The van der Waals surface area contributed by atoms with Crippen LogP contribution >= 0.6 is 15.9 Å². The van der Waals surface area contributed by atoms with Gasteiger partial charge in [-0.2, -0.15) is 0 Å². The van der Waals surface area contributed by atoms with Crippen LogP contribution in [0.5, 0.6) is 0 Å². The average Bonchev–Trinajstić information content (AvgIpc) is 2.84. The van der Waals surface area contributed by atoms with Crippen LogP contribution < -0.4 is 9.62 Å². The maximum absolute atomic E-state index is 13.9. The molecule has 1 atom stereocenters. The molecule has 0 saturated carbocycles. The number of amides is 2. The van der Waals surface area contributed by atoms with Crippen molar-refractivity contribution in [3.8, 4) is 0 Å². The molecule has 9 heteroatoms. The van der Waals surface area contributed by atoms with Crippen molar-refractivity contribution >= 4 is 43.5 Å². The maximum atomic E-state index is 13.9. The van der Waals surface area contributed by atoms with Crippen molar-refractivity contribution < 1.29 is 18.0 Å². The molecule has 0 aliphatic rings. The van der Waals surface area contributed by atoms with Gasteiger partial charge >= 0.3 is 0 Å². The van der Waals surface area contributed by atoms with Crippen molar-refractivity contribution in [2.75, 3.05) is 17.1 Å². The number of sulfonamides is 1. The number of carbonyl (C=O) groups is 2. The van der Waals surface area contributed by atoms with Gasteiger partial charge in [-0.3, -0.25) is 13.9 Å². The minimum Gasteiger partial charge on any atom is -0.352 e. The third-order valence-corrected chi connectivity index (χ3v) is 7.31. The van der Waals surface area contributed by atoms with E-state index in [1.807, 2.05) is 74.5 Å². The lowest BCUT2D eigenvalue weighted by molar-refractivity contribution is -0.140. The Morgan fingerprint density at radius 3 is 2.03 bits per heavy atom. The van der Waals surface area contributed by atoms with Crippen LogP contribution in [-0.4, -0.2) is 50.0 Å². The third kappa shape index (κ3) is 8.43. The van der Waals surface area contributed by atoms with Gasteiger partial charge in [-0.1, -0.05) is 82.7 Å². The van der Waals surface area contributed by atoms with Crippen molar-refractivity contribution in [2.45, 2.75) is 38.9 Å². The molecule has 0 aromatic heterocycles. The predicted octanol–water partition coefficient (Wildman–Crippen LogP) is 4.38. The summed E-state index contributed by atoms with van der Waals surface area (Å²) in [5.74, 6) is -0.773. The van der Waals surface area contributed by atoms with Crippen LogP contribution in [0.15, 0.2) is 89.4 Å². The first-order valence-corrected chi connectivity index (χ1v) is 14.6. The molecule has 0 aliphatic heterocycles. The highest BCUT2D eigenvalue weighted by Crippen LogP contribution is 2.23. The Kier molecular flexibility index (Phi) is 9.88. The molecule has 0 heterocycles. The van der Waals surface area contributed by atoms with E-state index in [2.05, 4.69) is 21.2 Å². The molecule has 0 saturated heterocycles. The summed E-state index contributed by atoms with van der Waals surface area (Å²) in [5, 5.41) is 2.94. The van der Waals surface area contributed by atoms with E-state index in [1.165, 1.54) is 4.90 Å². The third-order valence-electron chi connectivity index (χ3n) is 5.67. The number of hydrogen-bond donors (Lipinski definition) is 1. The summed E-state index contributed by atoms with van der Waals surface area (Å²) in [6.45, 7) is 3.43. The summed E-state index contributed by atoms with van der Waals surface area (Å²) in [4.78, 5) is 28.8. The molecule has 3 rings (SSSR count). The normalized spacial score (nSPS) is 12.1. The molecule has 3 aromatic carbocycles. The van der Waals surface area contributed by atoms with Crippen molar-refractivity contribution in [2.24, 2.45) is 0 Å². The second-order valence-electron chi connectivity index (χ2n) is 9.13. The Labute approximate surface area is 227 Å². The minimum atomic E-state index is -3.80. The molecule has 0 bridgehead atoms. The summed E-state index contributed by atoms with van der Waals surface area (Å²) in [6, 6.07) is 24.6. The molecule has 0 unspecified atom stereocenters. The summed E-state index contributed by atoms with van der Waals surface area (Å²) < 4.78 is 27.3. The number of carbonyl (C=O) groups excluding carboxylic acids is 2. The van der Waals surface area contributed by atoms with Crippen molar-refractivity contribution in [1.29, 1.82) is 0 Å². The predicted molar refractivity (Wildman–Crippen MR) is 151 cm³/mol. The van der Waals surface area contributed by atoms with E-state index in [4.69, 9.17) is 0 Å². The number of nitrogens with zero attached hydrogens (tertiary/aromatic N) is 2. The lowest BCUT2D eigenvalue weighted by Gasteiger charge is -2.34. The molecule has 0 radical (unpaired) electrons. The van der Waals surface area contributed by atoms with Gasteiger partial charge in [-0.15, -0.1) is 0 Å². The first-order chi connectivity index (χ1) is 17.5. The molecule has 1 N–H and O–H groups in total. The number of hydrogen-bond acceptors (Lipinski definition) is 4. The fourth-order valence-corrected chi connectivity index (χ4v) is 5.19. The molecule has 3 aromatic rings. The Morgan fingerprint density at radius 2 is 1.49 bits per heavy atom. The monoisotopic (exact) mass is 585 g/mol. The van der Waals surface area contributed by atoms with Gasteiger partial charge < -0.3 is 10.2 Å². The van der Waals surface area contributed by atoms with Crippen LogP contribution in [0.3, 0.4) is 0 Å². The highest BCUT2D eigenvalue weighted by molar-refractivity contribution is 9.10. The Balaban J connectivity index is 2.03. The largest absolute Gasteiger partial charge is 0.352 e. The van der Waals surface area contributed by atoms with Gasteiger partial charge in [0.25, 0.3) is 0 Å². The molecular formula is C28H32BrN3O4S. The molecule has 0 spiro atoms. The summed E-state index contributed by atoms with van der Waals surface area (Å²) >= 11 is 3.37. The summed E-state index contributed by atoms with van der Waals surface area (Å²) in [7, 11) is -3.80. The number of halogens is 1. The zero-order valence-corrected chi connectivity index (χ0v) is 23.6. The lowest BCUT2D eigenvalue weighted by atomic mass is 10.0. The molecule has 37 heavy (non-hydrogen) atoms. The van der Waals surface area contributed by atoms with Gasteiger partial charge in [0.05, 0.1) is 11.9 Å². The van der Waals surface area contributed by atoms with Crippen molar-refractivity contribution in [1.82, 2.24) is 10.2 Å². The van der Waals surface area contributed by atoms with Crippen LogP contribution in [0, 0.1) is 0 Å². The zero-order valence-electron chi connectivity index (χ0n) is 21.2. The minimum absolute atomic E-state index is 0.131. The summed E-state index contributed by atoms with van der Waals surface area (Å²) in [6.07, 6.45) is 1.35. The molecule has 196 valence electrons. The van der Waals surface area contributed by atoms with E-state index in [9.17, 15) is 18.0 Å². The van der Waals surface area contributed by atoms with Crippen molar-refractivity contribution in [3.05, 3.63) is 101 Å². The van der Waals surface area contributed by atoms with Crippen LogP contribution in [-0.2, 0) is 32.6 Å². The molecular weight excluding hydrogens is 554 g/mol. The fourth-order valence-electron chi connectivity index (χ4n) is 3.96. The molecule has 0 fully saturated rings. The molecule has 7 nitrogen and oxygen atoms in total. The van der Waals surface area contributed by atoms with Crippen LogP contribution in [0.4, 0.5) is 5.69 Å². The molecule has 2 amide bonds. The quantitative estimate of drug-likeness (QED) is 0.362. The number of anilines is 1. The fraction of sp³-hybridized carbons (Fsp3) is 0.286. The number of benzene rings is 3. The number of nitrogens with one attached hydrogen (secondary N) is 1. The standard InChI is InChI=1S/C28H32BrN3O4S/c1-21(2)30-28(34)26(17-22-11-6-4-7-12-22)31(19-23-13-8-5-9-14-23)27(33)20-32(37(3,35)36)25-16-10-15-24(29)18-25/h4-16,18,21,26H,17,19-20H2,1-3H3,(H,30,34)/t26-/m0/s1. The van der Waals surface area contributed by atoms with Gasteiger partial charge in [0.15, 0.2) is 0 Å². The smallest absolute Gasteiger partial charge is 0.244 e. The van der Waals surface area contributed by atoms with E-state index in [-0.39, 0.29) is 24.9 Å². The lowest BCUT2D eigenvalue weighted by Crippen LogP contribution is -2.54. The van der Waals surface area contributed by atoms with Gasteiger partial charge in [0.2, 0.25) is 21.8 Å². The zero-order chi connectivity index (χ0) is 27.0. The first-order valence-electron chi connectivity index (χ1n) is 12.0. The summed E-state index contributed by atoms with van der Waals surface area (Å²) in [5.41, 5.74) is 2.08. The Bertz CT molecular complexity index is 1300. The second kappa shape index (κ2) is 12.9.